The van der Waals surface area contributed by atoms with E-state index in [0.717, 1.165) is 0 Å². The maximum absolute atomic E-state index is 11.9. The van der Waals surface area contributed by atoms with E-state index in [9.17, 15) is 9.59 Å². The maximum atomic E-state index is 11.9. The second kappa shape index (κ2) is 4.87. The maximum Gasteiger partial charge on any atom is 0.245 e. The van der Waals surface area contributed by atoms with Crippen LogP contribution in [0.5, 0.6) is 0 Å². The largest absolute Gasteiger partial charge is 0.343 e. The molecule has 0 radical (unpaired) electrons. The van der Waals surface area contributed by atoms with E-state index in [1.807, 2.05) is 13.8 Å². The van der Waals surface area contributed by atoms with E-state index in [4.69, 9.17) is 11.6 Å². The SMILES string of the molecule is C=C(Cl)CN1C(=O)C(C)NC(=O)C1C(C)C. The van der Waals surface area contributed by atoms with Crippen molar-refractivity contribution in [3.63, 3.8) is 0 Å². The van der Waals surface area contributed by atoms with Crippen LogP contribution in [0, 0.1) is 5.92 Å². The average Bonchev–Trinajstić information content (AvgIpc) is 2.12. The van der Waals surface area contributed by atoms with Gasteiger partial charge in [0.2, 0.25) is 11.8 Å². The van der Waals surface area contributed by atoms with Crippen molar-refractivity contribution in [3.05, 3.63) is 11.6 Å². The lowest BCUT2D eigenvalue weighted by atomic mass is 9.97. The highest BCUT2D eigenvalue weighted by molar-refractivity contribution is 6.29. The van der Waals surface area contributed by atoms with Gasteiger partial charge >= 0.3 is 0 Å². The smallest absolute Gasteiger partial charge is 0.245 e. The number of nitrogens with zero attached hydrogens (tertiary/aromatic N) is 1. The molecule has 0 aromatic heterocycles. The highest BCUT2D eigenvalue weighted by Gasteiger charge is 2.39. The average molecular weight is 245 g/mol. The molecular weight excluding hydrogens is 228 g/mol. The fourth-order valence-corrected chi connectivity index (χ4v) is 2.04. The Morgan fingerprint density at radius 2 is 2.12 bits per heavy atom. The third kappa shape index (κ3) is 2.55. The first-order valence-electron chi connectivity index (χ1n) is 5.28. The molecule has 90 valence electrons. The molecule has 0 bridgehead atoms. The van der Waals surface area contributed by atoms with Gasteiger partial charge in [0.15, 0.2) is 0 Å². The number of hydrogen-bond donors (Lipinski definition) is 1. The highest BCUT2D eigenvalue weighted by atomic mass is 35.5. The van der Waals surface area contributed by atoms with Gasteiger partial charge < -0.3 is 10.2 Å². The van der Waals surface area contributed by atoms with Crippen LogP contribution in [0.3, 0.4) is 0 Å². The summed E-state index contributed by atoms with van der Waals surface area (Å²) in [6, 6.07) is -0.947. The third-order valence-electron chi connectivity index (χ3n) is 2.59. The molecule has 1 rings (SSSR count). The first-order valence-corrected chi connectivity index (χ1v) is 5.66. The summed E-state index contributed by atoms with van der Waals surface area (Å²) < 4.78 is 0. The molecule has 2 amide bonds. The van der Waals surface area contributed by atoms with Crippen molar-refractivity contribution in [2.75, 3.05) is 6.54 Å². The Morgan fingerprint density at radius 3 is 2.56 bits per heavy atom. The molecule has 1 fully saturated rings. The number of piperazine rings is 1. The molecule has 1 aliphatic heterocycles. The van der Waals surface area contributed by atoms with Crippen LogP contribution < -0.4 is 5.32 Å². The summed E-state index contributed by atoms with van der Waals surface area (Å²) in [5.41, 5.74) is 0. The van der Waals surface area contributed by atoms with Crippen molar-refractivity contribution in [1.82, 2.24) is 10.2 Å². The molecule has 2 unspecified atom stereocenters. The summed E-state index contributed by atoms with van der Waals surface area (Å²) in [5.74, 6) is -0.187. The number of hydrogen-bond acceptors (Lipinski definition) is 2. The predicted molar refractivity (Wildman–Crippen MR) is 62.9 cm³/mol. The first-order chi connectivity index (χ1) is 7.34. The molecule has 1 aliphatic rings. The van der Waals surface area contributed by atoms with Crippen LogP contribution in [-0.4, -0.2) is 35.3 Å². The van der Waals surface area contributed by atoms with Crippen LogP contribution >= 0.6 is 11.6 Å². The van der Waals surface area contributed by atoms with E-state index >= 15 is 0 Å². The minimum Gasteiger partial charge on any atom is -0.343 e. The van der Waals surface area contributed by atoms with Gasteiger partial charge in [-0.3, -0.25) is 9.59 Å². The van der Waals surface area contributed by atoms with Gasteiger partial charge in [-0.15, -0.1) is 0 Å². The molecule has 0 saturated carbocycles. The van der Waals surface area contributed by atoms with Crippen molar-refractivity contribution in [2.45, 2.75) is 32.9 Å². The van der Waals surface area contributed by atoms with Gasteiger partial charge in [-0.25, -0.2) is 0 Å². The number of rotatable bonds is 3. The fraction of sp³-hybridized carbons (Fsp3) is 0.636. The van der Waals surface area contributed by atoms with Gasteiger partial charge in [0.25, 0.3) is 0 Å². The summed E-state index contributed by atoms with van der Waals surface area (Å²) >= 11 is 5.72. The number of carbonyl (C=O) groups excluding carboxylic acids is 2. The summed E-state index contributed by atoms with van der Waals surface area (Å²) in [7, 11) is 0. The lowest BCUT2D eigenvalue weighted by Gasteiger charge is -2.39. The van der Waals surface area contributed by atoms with Crippen LogP contribution in [0.15, 0.2) is 11.6 Å². The summed E-state index contributed by atoms with van der Waals surface area (Å²) in [6.07, 6.45) is 0. The number of halogens is 1. The zero-order valence-electron chi connectivity index (χ0n) is 9.79. The minimum absolute atomic E-state index is 0.0486. The molecule has 0 aliphatic carbocycles. The van der Waals surface area contributed by atoms with Crippen molar-refractivity contribution < 1.29 is 9.59 Å². The van der Waals surface area contributed by atoms with Crippen LogP contribution in [0.2, 0.25) is 0 Å². The van der Waals surface area contributed by atoms with E-state index < -0.39 is 12.1 Å². The van der Waals surface area contributed by atoms with Crippen LogP contribution in [0.4, 0.5) is 0 Å². The normalized spacial score (nSPS) is 25.9. The molecule has 16 heavy (non-hydrogen) atoms. The summed E-state index contributed by atoms with van der Waals surface area (Å²) in [6.45, 7) is 9.26. The van der Waals surface area contributed by atoms with Crippen LogP contribution in [-0.2, 0) is 9.59 Å². The van der Waals surface area contributed by atoms with Gasteiger partial charge in [-0.2, -0.15) is 0 Å². The zero-order chi connectivity index (χ0) is 12.5. The number of nitrogens with one attached hydrogen (secondary N) is 1. The predicted octanol–water partition coefficient (Wildman–Crippen LogP) is 1.11. The second-order valence-electron chi connectivity index (χ2n) is 4.40. The van der Waals surface area contributed by atoms with Gasteiger partial charge in [-0.05, 0) is 12.8 Å². The molecule has 5 heteroatoms. The summed E-state index contributed by atoms with van der Waals surface area (Å²) in [5, 5.41) is 3.02. The van der Waals surface area contributed by atoms with E-state index in [1.54, 1.807) is 6.92 Å². The summed E-state index contributed by atoms with van der Waals surface area (Å²) in [4.78, 5) is 25.2. The van der Waals surface area contributed by atoms with E-state index in [2.05, 4.69) is 11.9 Å². The Hall–Kier alpha value is -1.03. The lowest BCUT2D eigenvalue weighted by molar-refractivity contribution is -0.149. The molecular formula is C11H17ClN2O2. The monoisotopic (exact) mass is 244 g/mol. The molecule has 1 heterocycles. The molecule has 1 saturated heterocycles. The lowest BCUT2D eigenvalue weighted by Crippen LogP contribution is -2.64. The van der Waals surface area contributed by atoms with Crippen molar-refractivity contribution in [3.8, 4) is 0 Å². The Labute approximate surface area is 101 Å². The molecule has 0 aromatic rings. The molecule has 0 aromatic carbocycles. The molecule has 2 atom stereocenters. The molecule has 4 nitrogen and oxygen atoms in total. The fourth-order valence-electron chi connectivity index (χ4n) is 1.91. The quantitative estimate of drug-likeness (QED) is 0.809. The van der Waals surface area contributed by atoms with Gasteiger partial charge in [-0.1, -0.05) is 32.0 Å². The van der Waals surface area contributed by atoms with Gasteiger partial charge in [0.05, 0.1) is 6.54 Å². The molecule has 0 spiro atoms. The highest BCUT2D eigenvalue weighted by Crippen LogP contribution is 2.19. The second-order valence-corrected chi connectivity index (χ2v) is 4.94. The first kappa shape index (κ1) is 13.0. The Kier molecular flexibility index (Phi) is 3.97. The van der Waals surface area contributed by atoms with E-state index in [-0.39, 0.29) is 24.3 Å². The Bertz CT molecular complexity index is 328. The third-order valence-corrected chi connectivity index (χ3v) is 2.71. The number of carbonyl (C=O) groups is 2. The van der Waals surface area contributed by atoms with E-state index in [1.165, 1.54) is 4.90 Å². The standard InChI is InChI=1S/C11H17ClN2O2/c1-6(2)9-10(15)13-8(4)11(16)14(9)5-7(3)12/h6,8-9H,3,5H2,1-2,4H3,(H,13,15). The molecule has 1 N–H and O–H groups in total. The topological polar surface area (TPSA) is 49.4 Å². The van der Waals surface area contributed by atoms with Crippen molar-refractivity contribution >= 4 is 23.4 Å². The van der Waals surface area contributed by atoms with Crippen LogP contribution in [0.25, 0.3) is 0 Å². The Balaban J connectivity index is 2.97. The van der Waals surface area contributed by atoms with Gasteiger partial charge in [0.1, 0.15) is 12.1 Å². The zero-order valence-corrected chi connectivity index (χ0v) is 10.5. The van der Waals surface area contributed by atoms with Crippen molar-refractivity contribution in [1.29, 1.82) is 0 Å². The van der Waals surface area contributed by atoms with Crippen molar-refractivity contribution in [2.24, 2.45) is 5.92 Å². The minimum atomic E-state index is -0.487. The Morgan fingerprint density at radius 1 is 1.56 bits per heavy atom. The van der Waals surface area contributed by atoms with Crippen LogP contribution in [0.1, 0.15) is 20.8 Å². The van der Waals surface area contributed by atoms with E-state index in [0.29, 0.717) is 5.03 Å². The number of amides is 2. The van der Waals surface area contributed by atoms with Gasteiger partial charge in [0, 0.05) is 5.03 Å².